The molecule has 2 fully saturated rings. The van der Waals surface area contributed by atoms with E-state index in [0.29, 0.717) is 19.5 Å². The van der Waals surface area contributed by atoms with E-state index in [2.05, 4.69) is 5.32 Å². The number of rotatable bonds is 2. The van der Waals surface area contributed by atoms with E-state index in [1.54, 1.807) is 11.8 Å². The van der Waals surface area contributed by atoms with Crippen molar-refractivity contribution in [2.24, 2.45) is 5.73 Å². The summed E-state index contributed by atoms with van der Waals surface area (Å²) in [6.45, 7) is 2.92. The maximum absolute atomic E-state index is 12.3. The van der Waals surface area contributed by atoms with E-state index in [1.165, 1.54) is 6.42 Å². The Balaban J connectivity index is 1.96. The molecule has 0 aromatic rings. The number of hydrogen-bond acceptors (Lipinski definition) is 3. The van der Waals surface area contributed by atoms with Crippen molar-refractivity contribution in [3.63, 3.8) is 0 Å². The standard InChI is InChI=1S/C13H23N3O2/c1-10-12(18)15-7-8-16(10)11(17)9-13(14)5-3-2-4-6-13/h10H,2-9,14H2,1H3,(H,15,18). The summed E-state index contributed by atoms with van der Waals surface area (Å²) in [5.41, 5.74) is 5.95. The number of nitrogens with one attached hydrogen (secondary N) is 1. The number of carbonyl (C=O) groups excluding carboxylic acids is 2. The molecule has 1 atom stereocenters. The van der Waals surface area contributed by atoms with Crippen molar-refractivity contribution in [3.05, 3.63) is 0 Å². The first-order chi connectivity index (χ1) is 8.52. The number of carbonyl (C=O) groups is 2. The minimum absolute atomic E-state index is 0.0294. The monoisotopic (exact) mass is 253 g/mol. The van der Waals surface area contributed by atoms with Crippen LogP contribution in [0.25, 0.3) is 0 Å². The van der Waals surface area contributed by atoms with Crippen molar-refractivity contribution < 1.29 is 9.59 Å². The summed E-state index contributed by atoms with van der Waals surface area (Å²) >= 11 is 0. The molecular weight excluding hydrogens is 230 g/mol. The average molecular weight is 253 g/mol. The third-order valence-electron chi connectivity index (χ3n) is 4.17. The lowest BCUT2D eigenvalue weighted by atomic mass is 9.80. The highest BCUT2D eigenvalue weighted by Crippen LogP contribution is 2.29. The zero-order chi connectivity index (χ0) is 13.2. The summed E-state index contributed by atoms with van der Waals surface area (Å²) in [5.74, 6) is -0.0361. The maximum atomic E-state index is 12.3. The summed E-state index contributed by atoms with van der Waals surface area (Å²) < 4.78 is 0. The first-order valence-corrected chi connectivity index (χ1v) is 6.88. The SMILES string of the molecule is CC1C(=O)NCCN1C(=O)CC1(N)CCCCC1. The largest absolute Gasteiger partial charge is 0.353 e. The van der Waals surface area contributed by atoms with E-state index in [4.69, 9.17) is 5.73 Å². The van der Waals surface area contributed by atoms with Crippen molar-refractivity contribution in [2.45, 2.75) is 57.0 Å². The molecular formula is C13H23N3O2. The van der Waals surface area contributed by atoms with Gasteiger partial charge in [-0.25, -0.2) is 0 Å². The van der Waals surface area contributed by atoms with E-state index in [1.807, 2.05) is 0 Å². The molecule has 2 rings (SSSR count). The molecule has 2 aliphatic rings. The van der Waals surface area contributed by atoms with Crippen LogP contribution in [0.3, 0.4) is 0 Å². The van der Waals surface area contributed by atoms with Gasteiger partial charge in [0.1, 0.15) is 6.04 Å². The smallest absolute Gasteiger partial charge is 0.242 e. The van der Waals surface area contributed by atoms with Crippen LogP contribution in [-0.4, -0.2) is 41.4 Å². The number of nitrogens with zero attached hydrogens (tertiary/aromatic N) is 1. The predicted molar refractivity (Wildman–Crippen MR) is 68.8 cm³/mol. The fraction of sp³-hybridized carbons (Fsp3) is 0.846. The molecule has 102 valence electrons. The second kappa shape index (κ2) is 5.26. The molecule has 5 nitrogen and oxygen atoms in total. The van der Waals surface area contributed by atoms with Crippen molar-refractivity contribution in [1.29, 1.82) is 0 Å². The van der Waals surface area contributed by atoms with Gasteiger partial charge in [0.05, 0.1) is 0 Å². The normalized spacial score (nSPS) is 27.8. The molecule has 0 aromatic heterocycles. The van der Waals surface area contributed by atoms with E-state index in [0.717, 1.165) is 25.7 Å². The summed E-state index contributed by atoms with van der Waals surface area (Å²) in [4.78, 5) is 25.5. The Hall–Kier alpha value is -1.10. The molecule has 1 heterocycles. The molecule has 3 N–H and O–H groups in total. The first-order valence-electron chi connectivity index (χ1n) is 6.88. The van der Waals surface area contributed by atoms with Crippen LogP contribution < -0.4 is 11.1 Å². The van der Waals surface area contributed by atoms with E-state index in [-0.39, 0.29) is 23.4 Å². The number of amides is 2. The summed E-state index contributed by atoms with van der Waals surface area (Å²) in [6, 6.07) is -0.363. The quantitative estimate of drug-likeness (QED) is 0.747. The molecule has 1 saturated carbocycles. The highest BCUT2D eigenvalue weighted by atomic mass is 16.2. The zero-order valence-electron chi connectivity index (χ0n) is 11.1. The van der Waals surface area contributed by atoms with Crippen LogP contribution >= 0.6 is 0 Å². The number of piperazine rings is 1. The lowest BCUT2D eigenvalue weighted by Gasteiger charge is -2.38. The molecule has 1 aliphatic carbocycles. The van der Waals surface area contributed by atoms with Gasteiger partial charge < -0.3 is 16.0 Å². The Morgan fingerprint density at radius 2 is 2.11 bits per heavy atom. The minimum Gasteiger partial charge on any atom is -0.353 e. The van der Waals surface area contributed by atoms with Gasteiger partial charge in [-0.05, 0) is 19.8 Å². The van der Waals surface area contributed by atoms with Gasteiger partial charge in [0.25, 0.3) is 0 Å². The summed E-state index contributed by atoms with van der Waals surface area (Å²) in [7, 11) is 0. The minimum atomic E-state index is -0.363. The van der Waals surface area contributed by atoms with Gasteiger partial charge in [-0.1, -0.05) is 19.3 Å². The van der Waals surface area contributed by atoms with Crippen molar-refractivity contribution in [1.82, 2.24) is 10.2 Å². The van der Waals surface area contributed by atoms with Gasteiger partial charge in [-0.3, -0.25) is 9.59 Å². The third kappa shape index (κ3) is 2.83. The summed E-state index contributed by atoms with van der Waals surface area (Å²) in [6.07, 6.45) is 5.67. The predicted octanol–water partition coefficient (Wildman–Crippen LogP) is 0.385. The van der Waals surface area contributed by atoms with Crippen molar-refractivity contribution in [3.8, 4) is 0 Å². The Morgan fingerprint density at radius 1 is 1.44 bits per heavy atom. The Morgan fingerprint density at radius 3 is 2.78 bits per heavy atom. The number of nitrogens with two attached hydrogens (primary N) is 1. The molecule has 0 radical (unpaired) electrons. The molecule has 1 saturated heterocycles. The molecule has 2 amide bonds. The van der Waals surface area contributed by atoms with E-state index >= 15 is 0 Å². The second-order valence-corrected chi connectivity index (χ2v) is 5.65. The fourth-order valence-electron chi connectivity index (χ4n) is 2.96. The third-order valence-corrected chi connectivity index (χ3v) is 4.17. The Kier molecular flexibility index (Phi) is 3.90. The molecule has 1 unspecified atom stereocenters. The van der Waals surface area contributed by atoms with E-state index in [9.17, 15) is 9.59 Å². The van der Waals surface area contributed by atoms with Crippen molar-refractivity contribution >= 4 is 11.8 Å². The fourth-order valence-corrected chi connectivity index (χ4v) is 2.96. The van der Waals surface area contributed by atoms with Crippen LogP contribution in [-0.2, 0) is 9.59 Å². The van der Waals surface area contributed by atoms with Gasteiger partial charge in [0.2, 0.25) is 11.8 Å². The first kappa shape index (κ1) is 13.3. The van der Waals surface area contributed by atoms with Crippen LogP contribution in [0, 0.1) is 0 Å². The van der Waals surface area contributed by atoms with Gasteiger partial charge in [-0.2, -0.15) is 0 Å². The lowest BCUT2D eigenvalue weighted by molar-refractivity contribution is -0.143. The highest BCUT2D eigenvalue weighted by molar-refractivity contribution is 5.88. The molecule has 18 heavy (non-hydrogen) atoms. The van der Waals surface area contributed by atoms with Gasteiger partial charge in [0.15, 0.2) is 0 Å². The van der Waals surface area contributed by atoms with Crippen LogP contribution in [0.5, 0.6) is 0 Å². The molecule has 1 aliphatic heterocycles. The summed E-state index contributed by atoms with van der Waals surface area (Å²) in [5, 5.41) is 2.77. The molecule has 0 bridgehead atoms. The number of hydrogen-bond donors (Lipinski definition) is 2. The van der Waals surface area contributed by atoms with Crippen LogP contribution in [0.2, 0.25) is 0 Å². The van der Waals surface area contributed by atoms with E-state index < -0.39 is 0 Å². The second-order valence-electron chi connectivity index (χ2n) is 5.65. The highest BCUT2D eigenvalue weighted by Gasteiger charge is 2.35. The van der Waals surface area contributed by atoms with Gasteiger partial charge in [0, 0.05) is 25.0 Å². The molecule has 0 aromatic carbocycles. The van der Waals surface area contributed by atoms with Crippen LogP contribution in [0.15, 0.2) is 0 Å². The Labute approximate surface area is 108 Å². The average Bonchev–Trinajstić information content (AvgIpc) is 2.33. The lowest BCUT2D eigenvalue weighted by Crippen LogP contribution is -2.57. The van der Waals surface area contributed by atoms with Crippen LogP contribution in [0.4, 0.5) is 0 Å². The zero-order valence-corrected chi connectivity index (χ0v) is 11.1. The van der Waals surface area contributed by atoms with Gasteiger partial charge in [-0.15, -0.1) is 0 Å². The molecule has 0 spiro atoms. The maximum Gasteiger partial charge on any atom is 0.242 e. The molecule has 5 heteroatoms. The van der Waals surface area contributed by atoms with Gasteiger partial charge >= 0.3 is 0 Å². The Bertz CT molecular complexity index is 337. The topological polar surface area (TPSA) is 75.4 Å². The van der Waals surface area contributed by atoms with Crippen molar-refractivity contribution in [2.75, 3.05) is 13.1 Å². The van der Waals surface area contributed by atoms with Crippen LogP contribution in [0.1, 0.15) is 45.4 Å².